The lowest BCUT2D eigenvalue weighted by molar-refractivity contribution is -0.158. The third-order valence-corrected chi connectivity index (χ3v) is 8.34. The van der Waals surface area contributed by atoms with E-state index in [0.717, 1.165) is 55.1 Å². The number of carbonyl (C=O) groups excluding carboxylic acids is 2. The molecular weight excluding hydrogens is 578 g/mol. The molecule has 1 aliphatic rings. The second-order valence-corrected chi connectivity index (χ2v) is 13.3. The maximum atomic E-state index is 12.9. The maximum absolute atomic E-state index is 12.9. The molecule has 4 atom stereocenters. The number of halogens is 1. The number of unbranched alkanes of at least 4 members (excludes halogenated alkanes) is 1. The zero-order valence-electron chi connectivity index (χ0n) is 27.2. The Labute approximate surface area is 268 Å². The van der Waals surface area contributed by atoms with Crippen LogP contribution in [0, 0.1) is 5.92 Å². The summed E-state index contributed by atoms with van der Waals surface area (Å²) in [6.45, 7) is 15.3. The molecule has 44 heavy (non-hydrogen) atoms. The van der Waals surface area contributed by atoms with Crippen molar-refractivity contribution < 1.29 is 28.9 Å². The summed E-state index contributed by atoms with van der Waals surface area (Å²) in [6.07, 6.45) is 5.62. The molecule has 1 aliphatic heterocycles. The summed E-state index contributed by atoms with van der Waals surface area (Å²) >= 11 is 6.39. The first kappa shape index (κ1) is 35.4. The molecular formula is C36H50ClNO6. The Morgan fingerprint density at radius 3 is 2.61 bits per heavy atom. The molecule has 0 spiro atoms. The summed E-state index contributed by atoms with van der Waals surface area (Å²) in [4.78, 5) is 28.0. The predicted octanol–water partition coefficient (Wildman–Crippen LogP) is 7.62. The van der Waals surface area contributed by atoms with Crippen LogP contribution in [0.15, 0.2) is 49.1 Å². The molecule has 0 aromatic heterocycles. The molecule has 1 N–H and O–H groups in total. The van der Waals surface area contributed by atoms with Gasteiger partial charge in [0.1, 0.15) is 11.4 Å². The normalized spacial score (nSPS) is 17.0. The molecule has 0 fully saturated rings. The van der Waals surface area contributed by atoms with Gasteiger partial charge in [0, 0.05) is 24.0 Å². The van der Waals surface area contributed by atoms with Crippen LogP contribution < -0.4 is 9.64 Å². The van der Waals surface area contributed by atoms with Crippen LogP contribution in [0.2, 0.25) is 5.02 Å². The number of nitrogens with zero attached hydrogens (tertiary/aromatic N) is 1. The minimum Gasteiger partial charge on any atom is -0.491 e. The highest BCUT2D eigenvalue weighted by Gasteiger charge is 2.31. The smallest absolute Gasteiger partial charge is 0.313 e. The molecule has 7 nitrogen and oxygen atoms in total. The Balaban J connectivity index is 1.95. The van der Waals surface area contributed by atoms with Gasteiger partial charge in [0.05, 0.1) is 37.8 Å². The number of fused-ring (bicyclic) bond motifs is 1. The highest BCUT2D eigenvalue weighted by molar-refractivity contribution is 6.30. The number of methoxy groups -OCH3 is 1. The van der Waals surface area contributed by atoms with E-state index >= 15 is 0 Å². The van der Waals surface area contributed by atoms with Gasteiger partial charge in [0.25, 0.3) is 0 Å². The number of benzene rings is 2. The van der Waals surface area contributed by atoms with Gasteiger partial charge in [-0.3, -0.25) is 9.59 Å². The molecule has 0 aliphatic carbocycles. The fourth-order valence-electron chi connectivity index (χ4n) is 5.79. The van der Waals surface area contributed by atoms with E-state index in [1.54, 1.807) is 26.8 Å². The highest BCUT2D eigenvalue weighted by atomic mass is 35.5. The number of aliphatic hydroxyl groups excluding tert-OH is 1. The number of aryl methyl sites for hydroxylation is 1. The number of hydrogen-bond acceptors (Lipinski definition) is 7. The molecule has 0 amide bonds. The Bertz CT molecular complexity index is 1270. The second-order valence-electron chi connectivity index (χ2n) is 12.8. The van der Waals surface area contributed by atoms with Crippen molar-refractivity contribution in [2.75, 3.05) is 31.7 Å². The van der Waals surface area contributed by atoms with Gasteiger partial charge in [-0.2, -0.15) is 0 Å². The van der Waals surface area contributed by atoms with Gasteiger partial charge in [-0.25, -0.2) is 0 Å². The molecule has 0 saturated carbocycles. The van der Waals surface area contributed by atoms with Crippen LogP contribution in [0.1, 0.15) is 95.2 Å². The molecule has 2 aromatic carbocycles. The molecule has 2 aromatic rings. The lowest BCUT2D eigenvalue weighted by Crippen LogP contribution is -2.30. The van der Waals surface area contributed by atoms with Gasteiger partial charge < -0.3 is 24.2 Å². The molecule has 242 valence electrons. The van der Waals surface area contributed by atoms with E-state index in [2.05, 4.69) is 30.5 Å². The van der Waals surface area contributed by atoms with E-state index in [4.69, 9.17) is 25.8 Å². The fourth-order valence-corrected chi connectivity index (χ4v) is 5.98. The van der Waals surface area contributed by atoms with Crippen molar-refractivity contribution in [1.82, 2.24) is 0 Å². The van der Waals surface area contributed by atoms with Crippen LogP contribution >= 0.6 is 11.6 Å². The van der Waals surface area contributed by atoms with E-state index in [1.807, 2.05) is 31.2 Å². The van der Waals surface area contributed by atoms with Crippen molar-refractivity contribution in [3.63, 3.8) is 0 Å². The number of carbonyl (C=O) groups is 2. The van der Waals surface area contributed by atoms with Gasteiger partial charge in [-0.1, -0.05) is 56.5 Å². The number of anilines is 1. The topological polar surface area (TPSA) is 85.3 Å². The van der Waals surface area contributed by atoms with Crippen LogP contribution in [-0.2, 0) is 25.5 Å². The summed E-state index contributed by atoms with van der Waals surface area (Å²) in [6, 6.07) is 11.8. The largest absolute Gasteiger partial charge is 0.491 e. The first-order valence-corrected chi connectivity index (χ1v) is 16.1. The van der Waals surface area contributed by atoms with E-state index in [9.17, 15) is 14.7 Å². The third kappa shape index (κ3) is 10.00. The molecule has 8 heteroatoms. The predicted molar refractivity (Wildman–Crippen MR) is 177 cm³/mol. The van der Waals surface area contributed by atoms with Gasteiger partial charge in [0.15, 0.2) is 0 Å². The maximum Gasteiger partial charge on any atom is 0.313 e. The lowest BCUT2D eigenvalue weighted by atomic mass is 9.91. The number of esters is 2. The van der Waals surface area contributed by atoms with Gasteiger partial charge in [0.2, 0.25) is 0 Å². The monoisotopic (exact) mass is 627 g/mol. The van der Waals surface area contributed by atoms with Crippen molar-refractivity contribution in [2.45, 2.75) is 96.7 Å². The van der Waals surface area contributed by atoms with Gasteiger partial charge >= 0.3 is 11.9 Å². The number of rotatable bonds is 14. The Hall–Kier alpha value is -3.03. The average Bonchev–Trinajstić information content (AvgIpc) is 3.15. The van der Waals surface area contributed by atoms with E-state index in [0.29, 0.717) is 18.7 Å². The number of ether oxygens (including phenoxy) is 3. The zero-order valence-corrected chi connectivity index (χ0v) is 28.0. The number of aliphatic hydroxyl groups is 1. The molecule has 4 unspecified atom stereocenters. The average molecular weight is 628 g/mol. The minimum absolute atomic E-state index is 0.101. The molecule has 0 radical (unpaired) electrons. The third-order valence-electron chi connectivity index (χ3n) is 8.11. The first-order valence-electron chi connectivity index (χ1n) is 15.8. The summed E-state index contributed by atoms with van der Waals surface area (Å²) in [7, 11) is 1.33. The first-order chi connectivity index (χ1) is 20.9. The molecule has 3 rings (SSSR count). The van der Waals surface area contributed by atoms with Crippen molar-refractivity contribution in [1.29, 1.82) is 0 Å². The minimum atomic E-state index is -0.810. The Morgan fingerprint density at radius 2 is 1.95 bits per heavy atom. The van der Waals surface area contributed by atoms with E-state index in [-0.39, 0.29) is 18.3 Å². The summed E-state index contributed by atoms with van der Waals surface area (Å²) in [5.74, 6) is -0.795. The lowest BCUT2D eigenvalue weighted by Gasteiger charge is -2.29. The SMILES string of the molecule is C=CC(O)C(C)CCCCN1CC(c2ccc(Cl)cc2CCC)COc2ccc(C(CC(=O)OC(C)(C)C)C(=O)OC)cc21. The van der Waals surface area contributed by atoms with Gasteiger partial charge in [-0.05, 0) is 86.9 Å². The molecule has 0 saturated heterocycles. The fraction of sp³-hybridized carbons (Fsp3) is 0.556. The molecule has 0 bridgehead atoms. The van der Waals surface area contributed by atoms with Crippen molar-refractivity contribution in [3.05, 3.63) is 70.8 Å². The zero-order chi connectivity index (χ0) is 32.4. The summed E-state index contributed by atoms with van der Waals surface area (Å²) in [5, 5.41) is 10.9. The van der Waals surface area contributed by atoms with Crippen LogP contribution in [0.25, 0.3) is 0 Å². The number of hydrogen-bond donors (Lipinski definition) is 1. The van der Waals surface area contributed by atoms with Crippen molar-refractivity contribution in [3.8, 4) is 5.75 Å². The van der Waals surface area contributed by atoms with E-state index < -0.39 is 29.6 Å². The van der Waals surface area contributed by atoms with Crippen LogP contribution in [-0.4, -0.2) is 55.6 Å². The summed E-state index contributed by atoms with van der Waals surface area (Å²) in [5.41, 5.74) is 3.36. The molecule has 1 heterocycles. The van der Waals surface area contributed by atoms with E-state index in [1.165, 1.54) is 18.2 Å². The van der Waals surface area contributed by atoms with Crippen LogP contribution in [0.3, 0.4) is 0 Å². The van der Waals surface area contributed by atoms with Crippen LogP contribution in [0.5, 0.6) is 5.75 Å². The van der Waals surface area contributed by atoms with Crippen LogP contribution in [0.4, 0.5) is 5.69 Å². The van der Waals surface area contributed by atoms with Crippen molar-refractivity contribution >= 4 is 29.2 Å². The standard InChI is InChI=1S/C36H50ClNO6/c1-8-12-25-19-28(37)15-16-29(25)27-22-38(18-11-10-13-24(3)32(39)9-2)31-20-26(14-17-33(31)43-23-27)30(35(41)42-7)21-34(40)44-36(4,5)6/h9,14-17,19-20,24,27,30,32,39H,2,8,10-13,18,21-23H2,1,3-7H3. The second kappa shape index (κ2) is 16.3. The van der Waals surface area contributed by atoms with Gasteiger partial charge in [-0.15, -0.1) is 6.58 Å². The van der Waals surface area contributed by atoms with Crippen molar-refractivity contribution in [2.24, 2.45) is 5.92 Å². The Kier molecular flexibility index (Phi) is 13.2. The Morgan fingerprint density at radius 1 is 1.20 bits per heavy atom. The summed E-state index contributed by atoms with van der Waals surface area (Å²) < 4.78 is 17.1. The quantitative estimate of drug-likeness (QED) is 0.131. The highest BCUT2D eigenvalue weighted by Crippen LogP contribution is 2.39.